The van der Waals surface area contributed by atoms with Crippen LogP contribution in [-0.4, -0.2) is 60.2 Å². The Morgan fingerprint density at radius 3 is 2.68 bits per heavy atom. The van der Waals surface area contributed by atoms with Crippen LogP contribution in [-0.2, 0) is 16.0 Å². The summed E-state index contributed by atoms with van der Waals surface area (Å²) in [5, 5.41) is 9.07. The van der Waals surface area contributed by atoms with Gasteiger partial charge in [0.2, 0.25) is 5.91 Å². The van der Waals surface area contributed by atoms with Crippen LogP contribution in [0.25, 0.3) is 0 Å². The second kappa shape index (κ2) is 8.99. The molecule has 1 aromatic carbocycles. The molecular formula is C18H25NO5S. The van der Waals surface area contributed by atoms with Crippen LogP contribution in [0.3, 0.4) is 0 Å². The molecule has 0 aromatic heterocycles. The van der Waals surface area contributed by atoms with Gasteiger partial charge in [0.05, 0.1) is 26.7 Å². The van der Waals surface area contributed by atoms with E-state index < -0.39 is 5.97 Å². The second-order valence-electron chi connectivity index (χ2n) is 6.15. The summed E-state index contributed by atoms with van der Waals surface area (Å²) in [7, 11) is 3.17. The van der Waals surface area contributed by atoms with Crippen molar-refractivity contribution in [3.05, 3.63) is 23.8 Å². The third kappa shape index (κ3) is 5.04. The predicted molar refractivity (Wildman–Crippen MR) is 97.5 cm³/mol. The van der Waals surface area contributed by atoms with Gasteiger partial charge in [-0.05, 0) is 24.1 Å². The Labute approximate surface area is 152 Å². The van der Waals surface area contributed by atoms with Crippen molar-refractivity contribution >= 4 is 23.6 Å². The van der Waals surface area contributed by atoms with E-state index in [4.69, 9.17) is 14.6 Å². The van der Waals surface area contributed by atoms with Gasteiger partial charge in [0.1, 0.15) is 0 Å². The summed E-state index contributed by atoms with van der Waals surface area (Å²) in [5.41, 5.74) is 0.986. The largest absolute Gasteiger partial charge is 0.493 e. The molecule has 6 nitrogen and oxygen atoms in total. The summed E-state index contributed by atoms with van der Waals surface area (Å²) < 4.78 is 10.5. The number of rotatable bonds is 7. The highest BCUT2D eigenvalue weighted by Gasteiger charge is 2.31. The first-order valence-electron chi connectivity index (χ1n) is 8.27. The number of hydrogen-bond donors (Lipinski definition) is 1. The van der Waals surface area contributed by atoms with Crippen LogP contribution in [0.2, 0.25) is 0 Å². The highest BCUT2D eigenvalue weighted by molar-refractivity contribution is 7.99. The maximum Gasteiger partial charge on any atom is 0.305 e. The molecule has 1 aromatic rings. The topological polar surface area (TPSA) is 76.1 Å². The molecule has 0 saturated carbocycles. The maximum absolute atomic E-state index is 12.8. The fraction of sp³-hybridized carbons (Fsp3) is 0.556. The number of ether oxygens (including phenoxy) is 2. The molecule has 1 fully saturated rings. The molecule has 0 spiro atoms. The van der Waals surface area contributed by atoms with E-state index in [0.29, 0.717) is 30.2 Å². The van der Waals surface area contributed by atoms with E-state index in [2.05, 4.69) is 0 Å². The number of carbonyl (C=O) groups is 2. The van der Waals surface area contributed by atoms with Crippen LogP contribution in [0.1, 0.15) is 18.9 Å². The second-order valence-corrected chi connectivity index (χ2v) is 7.30. The van der Waals surface area contributed by atoms with E-state index in [1.54, 1.807) is 30.9 Å². The summed E-state index contributed by atoms with van der Waals surface area (Å²) in [6.45, 7) is 2.50. The van der Waals surface area contributed by atoms with Crippen molar-refractivity contribution in [1.29, 1.82) is 0 Å². The number of carboxylic acids is 1. The molecule has 7 heteroatoms. The van der Waals surface area contributed by atoms with Crippen molar-refractivity contribution in [1.82, 2.24) is 4.90 Å². The van der Waals surface area contributed by atoms with Gasteiger partial charge >= 0.3 is 5.97 Å². The molecule has 0 radical (unpaired) electrons. The molecule has 1 aliphatic heterocycles. The number of aliphatic carboxylic acids is 1. The zero-order valence-electron chi connectivity index (χ0n) is 14.9. The number of thioether (sulfide) groups is 1. The average Bonchev–Trinajstić information content (AvgIpc) is 2.60. The van der Waals surface area contributed by atoms with Gasteiger partial charge in [-0.1, -0.05) is 13.0 Å². The Morgan fingerprint density at radius 1 is 1.32 bits per heavy atom. The molecule has 1 amide bonds. The third-order valence-corrected chi connectivity index (χ3v) is 5.42. The standard InChI is InChI=1S/C18H25NO5S/c1-12(8-13-4-5-15(23-2)16(9-13)24-3)18(22)19-6-7-25-11-14(19)10-17(20)21/h4-5,9,12,14H,6-8,10-11H2,1-3H3,(H,20,21). The molecule has 1 saturated heterocycles. The van der Waals surface area contributed by atoms with Gasteiger partial charge in [0.25, 0.3) is 0 Å². The molecule has 2 atom stereocenters. The monoisotopic (exact) mass is 367 g/mol. The summed E-state index contributed by atoms with van der Waals surface area (Å²) in [4.78, 5) is 25.6. The van der Waals surface area contributed by atoms with Crippen LogP contribution in [0.5, 0.6) is 11.5 Å². The van der Waals surface area contributed by atoms with Gasteiger partial charge in [-0.3, -0.25) is 9.59 Å². The lowest BCUT2D eigenvalue weighted by Crippen LogP contribution is -2.49. The van der Waals surface area contributed by atoms with Gasteiger partial charge in [0, 0.05) is 24.0 Å². The molecule has 0 aliphatic carbocycles. The van der Waals surface area contributed by atoms with Crippen LogP contribution in [0, 0.1) is 5.92 Å². The van der Waals surface area contributed by atoms with Crippen LogP contribution < -0.4 is 9.47 Å². The Kier molecular flexibility index (Phi) is 6.99. The Morgan fingerprint density at radius 2 is 2.04 bits per heavy atom. The van der Waals surface area contributed by atoms with E-state index in [0.717, 1.165) is 11.3 Å². The molecule has 1 aliphatic rings. The van der Waals surface area contributed by atoms with Crippen molar-refractivity contribution in [3.8, 4) is 11.5 Å². The van der Waals surface area contributed by atoms with Gasteiger partial charge in [0.15, 0.2) is 11.5 Å². The van der Waals surface area contributed by atoms with Gasteiger partial charge < -0.3 is 19.5 Å². The molecule has 1 heterocycles. The fourth-order valence-electron chi connectivity index (χ4n) is 3.05. The number of carbonyl (C=O) groups excluding carboxylic acids is 1. The van der Waals surface area contributed by atoms with Crippen molar-refractivity contribution in [2.24, 2.45) is 5.92 Å². The lowest BCUT2D eigenvalue weighted by Gasteiger charge is -2.36. The van der Waals surface area contributed by atoms with E-state index in [-0.39, 0.29) is 24.3 Å². The van der Waals surface area contributed by atoms with Gasteiger partial charge in [-0.25, -0.2) is 0 Å². The average molecular weight is 367 g/mol. The zero-order chi connectivity index (χ0) is 18.4. The highest BCUT2D eigenvalue weighted by atomic mass is 32.2. The number of carboxylic acid groups (broad SMARTS) is 1. The van der Waals surface area contributed by atoms with Gasteiger partial charge in [-0.2, -0.15) is 11.8 Å². The molecule has 25 heavy (non-hydrogen) atoms. The van der Waals surface area contributed by atoms with Crippen LogP contribution >= 0.6 is 11.8 Å². The highest BCUT2D eigenvalue weighted by Crippen LogP contribution is 2.29. The van der Waals surface area contributed by atoms with E-state index in [1.807, 2.05) is 25.1 Å². The first-order valence-corrected chi connectivity index (χ1v) is 9.42. The number of amides is 1. The van der Waals surface area contributed by atoms with Crippen LogP contribution in [0.4, 0.5) is 0 Å². The molecule has 138 valence electrons. The summed E-state index contributed by atoms with van der Waals surface area (Å²) in [5.74, 6) is 1.75. The number of nitrogens with zero attached hydrogens (tertiary/aromatic N) is 1. The van der Waals surface area contributed by atoms with Gasteiger partial charge in [-0.15, -0.1) is 0 Å². The summed E-state index contributed by atoms with van der Waals surface area (Å²) >= 11 is 1.70. The first-order chi connectivity index (χ1) is 12.0. The minimum atomic E-state index is -0.863. The quantitative estimate of drug-likeness (QED) is 0.797. The number of benzene rings is 1. The van der Waals surface area contributed by atoms with Crippen LogP contribution in [0.15, 0.2) is 18.2 Å². The number of hydrogen-bond acceptors (Lipinski definition) is 5. The molecule has 1 N–H and O–H groups in total. The van der Waals surface area contributed by atoms with Crippen molar-refractivity contribution in [2.45, 2.75) is 25.8 Å². The third-order valence-electron chi connectivity index (χ3n) is 4.33. The lowest BCUT2D eigenvalue weighted by atomic mass is 9.98. The summed E-state index contributed by atoms with van der Waals surface area (Å²) in [6, 6.07) is 5.41. The Hall–Kier alpha value is -1.89. The molecule has 2 unspecified atom stereocenters. The minimum absolute atomic E-state index is 0.00180. The van der Waals surface area contributed by atoms with Crippen molar-refractivity contribution in [3.63, 3.8) is 0 Å². The SMILES string of the molecule is COc1ccc(CC(C)C(=O)N2CCSCC2CC(=O)O)cc1OC. The van der Waals surface area contributed by atoms with E-state index in [1.165, 1.54) is 0 Å². The predicted octanol–water partition coefficient (Wildman–Crippen LogP) is 2.30. The first kappa shape index (κ1) is 19.4. The van der Waals surface area contributed by atoms with Crippen molar-refractivity contribution < 1.29 is 24.2 Å². The van der Waals surface area contributed by atoms with Crippen molar-refractivity contribution in [2.75, 3.05) is 32.3 Å². The molecular weight excluding hydrogens is 342 g/mol. The maximum atomic E-state index is 12.8. The Bertz CT molecular complexity index is 621. The molecule has 2 rings (SSSR count). The Balaban J connectivity index is 2.07. The smallest absolute Gasteiger partial charge is 0.305 e. The fourth-order valence-corrected chi connectivity index (χ4v) is 4.11. The summed E-state index contributed by atoms with van der Waals surface area (Å²) in [6.07, 6.45) is 0.574. The van der Waals surface area contributed by atoms with E-state index in [9.17, 15) is 9.59 Å². The lowest BCUT2D eigenvalue weighted by molar-refractivity contribution is -0.141. The normalized spacial score (nSPS) is 18.5. The zero-order valence-corrected chi connectivity index (χ0v) is 15.7. The molecule has 0 bridgehead atoms. The minimum Gasteiger partial charge on any atom is -0.493 e. The number of methoxy groups -OCH3 is 2. The van der Waals surface area contributed by atoms with E-state index >= 15 is 0 Å².